The second-order valence-corrected chi connectivity index (χ2v) is 3.82. The zero-order valence-corrected chi connectivity index (χ0v) is 9.92. The number of hydrogen-bond acceptors (Lipinski definition) is 4. The number of hydrogen-bond donors (Lipinski definition) is 0. The summed E-state index contributed by atoms with van der Waals surface area (Å²) in [6, 6.07) is 8.99. The molecule has 0 saturated carbocycles. The summed E-state index contributed by atoms with van der Waals surface area (Å²) in [5, 5.41) is 0. The van der Waals surface area contributed by atoms with Gasteiger partial charge in [0.2, 0.25) is 5.90 Å². The van der Waals surface area contributed by atoms with Gasteiger partial charge in [-0.3, -0.25) is 0 Å². The first-order chi connectivity index (χ1) is 8.22. The van der Waals surface area contributed by atoms with Crippen LogP contribution in [0, 0.1) is 0 Å². The molecule has 4 heteroatoms. The number of rotatable bonds is 3. The smallest absolute Gasteiger partial charge is 0.334 e. The van der Waals surface area contributed by atoms with Gasteiger partial charge in [-0.25, -0.2) is 9.79 Å². The van der Waals surface area contributed by atoms with Crippen molar-refractivity contribution >= 4 is 11.9 Å². The minimum atomic E-state index is -0.551. The van der Waals surface area contributed by atoms with E-state index < -0.39 is 6.04 Å². The molecule has 1 heterocycles. The fraction of sp³-hybridized carbons (Fsp3) is 0.385. The Morgan fingerprint density at radius 2 is 2.12 bits per heavy atom. The summed E-state index contributed by atoms with van der Waals surface area (Å²) in [7, 11) is 0. The molecule has 1 aromatic rings. The van der Waals surface area contributed by atoms with Gasteiger partial charge in [0.25, 0.3) is 0 Å². The summed E-state index contributed by atoms with van der Waals surface area (Å²) in [4.78, 5) is 15.9. The SMILES string of the molecule is CCOC(=O)[C@@H]1N=C(c2ccccc2)O[C@H]1C. The van der Waals surface area contributed by atoms with Crippen LogP contribution in [-0.4, -0.2) is 30.6 Å². The van der Waals surface area contributed by atoms with E-state index >= 15 is 0 Å². The summed E-state index contributed by atoms with van der Waals surface area (Å²) >= 11 is 0. The van der Waals surface area contributed by atoms with Crippen molar-refractivity contribution in [1.82, 2.24) is 0 Å². The van der Waals surface area contributed by atoms with Gasteiger partial charge < -0.3 is 9.47 Å². The number of aliphatic imine (C=N–C) groups is 1. The van der Waals surface area contributed by atoms with Crippen LogP contribution in [0.4, 0.5) is 0 Å². The molecule has 4 nitrogen and oxygen atoms in total. The number of ether oxygens (including phenoxy) is 2. The number of benzene rings is 1. The van der Waals surface area contributed by atoms with Crippen LogP contribution in [-0.2, 0) is 14.3 Å². The van der Waals surface area contributed by atoms with Crippen molar-refractivity contribution in [3.05, 3.63) is 35.9 Å². The maximum Gasteiger partial charge on any atom is 0.334 e. The van der Waals surface area contributed by atoms with E-state index in [2.05, 4.69) is 4.99 Å². The van der Waals surface area contributed by atoms with Gasteiger partial charge in [0.1, 0.15) is 6.10 Å². The van der Waals surface area contributed by atoms with E-state index in [-0.39, 0.29) is 12.1 Å². The van der Waals surface area contributed by atoms with Crippen LogP contribution < -0.4 is 0 Å². The molecule has 0 fully saturated rings. The third kappa shape index (κ3) is 2.46. The fourth-order valence-electron chi connectivity index (χ4n) is 1.70. The predicted molar refractivity (Wildman–Crippen MR) is 63.9 cm³/mol. The molecule has 0 amide bonds. The summed E-state index contributed by atoms with van der Waals surface area (Å²) < 4.78 is 10.5. The van der Waals surface area contributed by atoms with Crippen LogP contribution in [0.2, 0.25) is 0 Å². The Morgan fingerprint density at radius 3 is 2.76 bits per heavy atom. The van der Waals surface area contributed by atoms with E-state index in [0.717, 1.165) is 5.56 Å². The molecule has 0 aromatic heterocycles. The lowest BCUT2D eigenvalue weighted by Gasteiger charge is -2.11. The van der Waals surface area contributed by atoms with Gasteiger partial charge in [-0.15, -0.1) is 0 Å². The van der Waals surface area contributed by atoms with Gasteiger partial charge >= 0.3 is 5.97 Å². The van der Waals surface area contributed by atoms with Crippen LogP contribution in [0.25, 0.3) is 0 Å². The molecular weight excluding hydrogens is 218 g/mol. The predicted octanol–water partition coefficient (Wildman–Crippen LogP) is 1.78. The topological polar surface area (TPSA) is 47.9 Å². The summed E-state index contributed by atoms with van der Waals surface area (Å²) in [5.74, 6) is 0.182. The Bertz CT molecular complexity index is 428. The molecule has 0 bridgehead atoms. The van der Waals surface area contributed by atoms with E-state index in [4.69, 9.17) is 9.47 Å². The Morgan fingerprint density at radius 1 is 1.41 bits per heavy atom. The first-order valence-electron chi connectivity index (χ1n) is 5.69. The molecular formula is C13H15NO3. The van der Waals surface area contributed by atoms with Crippen LogP contribution >= 0.6 is 0 Å². The molecule has 1 aliphatic rings. The first-order valence-corrected chi connectivity index (χ1v) is 5.69. The van der Waals surface area contributed by atoms with Crippen molar-refractivity contribution in [2.45, 2.75) is 26.0 Å². The van der Waals surface area contributed by atoms with Crippen molar-refractivity contribution in [3.63, 3.8) is 0 Å². The standard InChI is InChI=1S/C13H15NO3/c1-3-16-13(15)11-9(2)17-12(14-11)10-7-5-4-6-8-10/h4-9,11H,3H2,1-2H3/t9-,11+/m0/s1. The molecule has 0 saturated heterocycles. The summed E-state index contributed by atoms with van der Waals surface area (Å²) in [6.45, 7) is 3.96. The molecule has 0 unspecified atom stereocenters. The highest BCUT2D eigenvalue weighted by molar-refractivity contribution is 5.97. The first kappa shape index (κ1) is 11.6. The average Bonchev–Trinajstić information content (AvgIpc) is 2.73. The molecule has 1 aromatic carbocycles. The second-order valence-electron chi connectivity index (χ2n) is 3.82. The van der Waals surface area contributed by atoms with E-state index in [1.807, 2.05) is 37.3 Å². The normalized spacial score (nSPS) is 22.8. The minimum Gasteiger partial charge on any atom is -0.472 e. The van der Waals surface area contributed by atoms with Crippen molar-refractivity contribution in [2.75, 3.05) is 6.61 Å². The van der Waals surface area contributed by atoms with Crippen LogP contribution in [0.1, 0.15) is 19.4 Å². The van der Waals surface area contributed by atoms with E-state index in [1.165, 1.54) is 0 Å². The van der Waals surface area contributed by atoms with Gasteiger partial charge in [-0.2, -0.15) is 0 Å². The Balaban J connectivity index is 2.17. The van der Waals surface area contributed by atoms with Gasteiger partial charge in [0.15, 0.2) is 6.04 Å². The Kier molecular flexibility index (Phi) is 3.42. The lowest BCUT2D eigenvalue weighted by molar-refractivity contribution is -0.145. The number of carbonyl (C=O) groups is 1. The fourth-order valence-corrected chi connectivity index (χ4v) is 1.70. The molecule has 90 valence electrons. The quantitative estimate of drug-likeness (QED) is 0.748. The summed E-state index contributed by atoms with van der Waals surface area (Å²) in [5.41, 5.74) is 0.881. The lowest BCUT2D eigenvalue weighted by atomic mass is 10.2. The number of nitrogens with zero attached hydrogens (tertiary/aromatic N) is 1. The second kappa shape index (κ2) is 4.99. The number of esters is 1. The Hall–Kier alpha value is -1.84. The highest BCUT2D eigenvalue weighted by atomic mass is 16.5. The molecule has 0 aliphatic carbocycles. The van der Waals surface area contributed by atoms with Gasteiger partial charge in [0.05, 0.1) is 6.61 Å². The molecule has 0 N–H and O–H groups in total. The van der Waals surface area contributed by atoms with Crippen molar-refractivity contribution in [2.24, 2.45) is 4.99 Å². The van der Waals surface area contributed by atoms with Crippen LogP contribution in [0.15, 0.2) is 35.3 Å². The minimum absolute atomic E-state index is 0.274. The zero-order valence-electron chi connectivity index (χ0n) is 9.92. The van der Waals surface area contributed by atoms with E-state index in [0.29, 0.717) is 12.5 Å². The van der Waals surface area contributed by atoms with Crippen molar-refractivity contribution < 1.29 is 14.3 Å². The molecule has 2 rings (SSSR count). The van der Waals surface area contributed by atoms with Crippen molar-refractivity contribution in [1.29, 1.82) is 0 Å². The molecule has 2 atom stereocenters. The maximum atomic E-state index is 11.6. The zero-order chi connectivity index (χ0) is 12.3. The summed E-state index contributed by atoms with van der Waals surface area (Å²) in [6.07, 6.45) is -0.274. The molecule has 0 radical (unpaired) electrons. The average molecular weight is 233 g/mol. The lowest BCUT2D eigenvalue weighted by Crippen LogP contribution is -2.29. The maximum absolute atomic E-state index is 11.6. The third-order valence-electron chi connectivity index (χ3n) is 2.55. The third-order valence-corrected chi connectivity index (χ3v) is 2.55. The van der Waals surface area contributed by atoms with Crippen LogP contribution in [0.3, 0.4) is 0 Å². The van der Waals surface area contributed by atoms with E-state index in [1.54, 1.807) is 6.92 Å². The van der Waals surface area contributed by atoms with Gasteiger partial charge in [-0.05, 0) is 26.0 Å². The molecule has 1 aliphatic heterocycles. The molecule has 0 spiro atoms. The highest BCUT2D eigenvalue weighted by Gasteiger charge is 2.34. The highest BCUT2D eigenvalue weighted by Crippen LogP contribution is 2.18. The largest absolute Gasteiger partial charge is 0.472 e. The number of carbonyl (C=O) groups excluding carboxylic acids is 1. The van der Waals surface area contributed by atoms with E-state index in [9.17, 15) is 4.79 Å². The van der Waals surface area contributed by atoms with Gasteiger partial charge in [-0.1, -0.05) is 18.2 Å². The van der Waals surface area contributed by atoms with Crippen LogP contribution in [0.5, 0.6) is 0 Å². The van der Waals surface area contributed by atoms with Gasteiger partial charge in [0, 0.05) is 5.56 Å². The monoisotopic (exact) mass is 233 g/mol. The molecule has 17 heavy (non-hydrogen) atoms. The van der Waals surface area contributed by atoms with Crippen molar-refractivity contribution in [3.8, 4) is 0 Å². The Labute approximate surface area is 100 Å².